The summed E-state index contributed by atoms with van der Waals surface area (Å²) in [6.07, 6.45) is 0.315. The van der Waals surface area contributed by atoms with Gasteiger partial charge in [0.2, 0.25) is 0 Å². The summed E-state index contributed by atoms with van der Waals surface area (Å²) < 4.78 is 11.5. The van der Waals surface area contributed by atoms with Crippen LogP contribution in [0, 0.1) is 6.92 Å². The number of carbonyl (C=O) groups is 1. The quantitative estimate of drug-likeness (QED) is 0.790. The van der Waals surface area contributed by atoms with Crippen molar-refractivity contribution in [3.63, 3.8) is 0 Å². The Labute approximate surface area is 161 Å². The van der Waals surface area contributed by atoms with Crippen LogP contribution in [0.3, 0.4) is 0 Å². The van der Waals surface area contributed by atoms with Crippen molar-refractivity contribution in [1.82, 2.24) is 0 Å². The molecule has 0 bridgehead atoms. The maximum absolute atomic E-state index is 12.8. The van der Waals surface area contributed by atoms with Crippen LogP contribution in [0.15, 0.2) is 17.7 Å². The monoisotopic (exact) mass is 374 g/mol. The molecule has 5 atom stereocenters. The number of hydrogen-bond donors (Lipinski definition) is 2. The molecule has 1 aliphatic heterocycles. The number of carbonyl (C=O) groups excluding carboxylic acids is 1. The molecule has 1 aliphatic carbocycles. The van der Waals surface area contributed by atoms with Crippen molar-refractivity contribution in [3.8, 4) is 5.75 Å². The van der Waals surface area contributed by atoms with Crippen LogP contribution in [-0.4, -0.2) is 41.4 Å². The predicted molar refractivity (Wildman–Crippen MR) is 103 cm³/mol. The van der Waals surface area contributed by atoms with E-state index in [1.165, 1.54) is 7.11 Å². The fourth-order valence-electron chi connectivity index (χ4n) is 4.46. The van der Waals surface area contributed by atoms with Crippen molar-refractivity contribution >= 4 is 5.78 Å². The molecule has 0 saturated carbocycles. The molecule has 0 fully saturated rings. The van der Waals surface area contributed by atoms with Gasteiger partial charge in [-0.1, -0.05) is 17.7 Å². The highest BCUT2D eigenvalue weighted by atomic mass is 16.5. The van der Waals surface area contributed by atoms with Gasteiger partial charge >= 0.3 is 0 Å². The minimum atomic E-state index is -0.868. The number of Topliss-reactive ketones (excluding diaryl/α,β-unsaturated/α-hetero) is 1. The van der Waals surface area contributed by atoms with Crippen LogP contribution in [0.4, 0.5) is 0 Å². The average Bonchev–Trinajstić information content (AvgIpc) is 2.88. The Bertz CT molecular complexity index is 792. The van der Waals surface area contributed by atoms with Crippen LogP contribution in [0.5, 0.6) is 5.75 Å². The SMILES string of the molecule is CO[C@@H]1CC(=O)c2c(cc(C)c3c2O[C@H](C)[C@]3(C)[C@H](O)CC=C(C)C)[C@H]1O. The molecule has 2 aliphatic rings. The third kappa shape index (κ3) is 3.02. The van der Waals surface area contributed by atoms with Crippen LogP contribution >= 0.6 is 0 Å². The van der Waals surface area contributed by atoms with Gasteiger partial charge in [-0.3, -0.25) is 4.79 Å². The number of ether oxygens (including phenoxy) is 2. The largest absolute Gasteiger partial charge is 0.489 e. The summed E-state index contributed by atoms with van der Waals surface area (Å²) in [4.78, 5) is 12.8. The van der Waals surface area contributed by atoms with Gasteiger partial charge in [0.15, 0.2) is 5.78 Å². The highest BCUT2D eigenvalue weighted by molar-refractivity contribution is 6.02. The average molecular weight is 374 g/mol. The highest BCUT2D eigenvalue weighted by Gasteiger charge is 2.51. The number of aliphatic hydroxyl groups is 2. The molecule has 148 valence electrons. The third-order valence-corrected chi connectivity index (χ3v) is 6.27. The van der Waals surface area contributed by atoms with Gasteiger partial charge in [-0.15, -0.1) is 0 Å². The molecule has 1 heterocycles. The van der Waals surface area contributed by atoms with Gasteiger partial charge in [-0.25, -0.2) is 0 Å². The number of fused-ring (bicyclic) bond motifs is 3. The van der Waals surface area contributed by atoms with E-state index in [9.17, 15) is 15.0 Å². The predicted octanol–water partition coefficient (Wildman–Crippen LogP) is 3.39. The first-order chi connectivity index (χ1) is 12.6. The maximum Gasteiger partial charge on any atom is 0.169 e. The van der Waals surface area contributed by atoms with E-state index in [1.807, 2.05) is 46.8 Å². The first-order valence-corrected chi connectivity index (χ1v) is 9.53. The van der Waals surface area contributed by atoms with Crippen LogP contribution in [0.2, 0.25) is 0 Å². The van der Waals surface area contributed by atoms with E-state index in [-0.39, 0.29) is 18.3 Å². The normalized spacial score (nSPS) is 30.4. The molecule has 0 unspecified atom stereocenters. The fourth-order valence-corrected chi connectivity index (χ4v) is 4.46. The molecule has 1 aromatic rings. The molecule has 27 heavy (non-hydrogen) atoms. The third-order valence-electron chi connectivity index (χ3n) is 6.27. The van der Waals surface area contributed by atoms with Crippen molar-refractivity contribution in [2.45, 2.75) is 77.3 Å². The number of rotatable bonds is 4. The van der Waals surface area contributed by atoms with E-state index in [0.717, 1.165) is 16.7 Å². The Morgan fingerprint density at radius 2 is 2.15 bits per heavy atom. The molecule has 3 rings (SSSR count). The smallest absolute Gasteiger partial charge is 0.169 e. The first-order valence-electron chi connectivity index (χ1n) is 9.53. The molecular formula is C22H30O5. The van der Waals surface area contributed by atoms with Crippen molar-refractivity contribution in [2.75, 3.05) is 7.11 Å². The summed E-state index contributed by atoms with van der Waals surface area (Å²) in [7, 11) is 1.50. The summed E-state index contributed by atoms with van der Waals surface area (Å²) in [6.45, 7) is 9.88. The molecule has 0 amide bonds. The molecule has 5 heteroatoms. The lowest BCUT2D eigenvalue weighted by Crippen LogP contribution is -2.44. The highest BCUT2D eigenvalue weighted by Crippen LogP contribution is 2.52. The number of benzene rings is 1. The van der Waals surface area contributed by atoms with E-state index in [1.54, 1.807) is 0 Å². The summed E-state index contributed by atoms with van der Waals surface area (Å²) >= 11 is 0. The first kappa shape index (κ1) is 20.1. The summed E-state index contributed by atoms with van der Waals surface area (Å²) in [6, 6.07) is 1.86. The molecule has 1 aromatic carbocycles. The second-order valence-corrected chi connectivity index (χ2v) is 8.28. The lowest BCUT2D eigenvalue weighted by atomic mass is 9.70. The van der Waals surface area contributed by atoms with Gasteiger partial charge in [0.1, 0.15) is 18.0 Å². The van der Waals surface area contributed by atoms with E-state index in [0.29, 0.717) is 23.3 Å². The number of methoxy groups -OCH3 is 1. The number of aliphatic hydroxyl groups excluding tert-OH is 2. The summed E-state index contributed by atoms with van der Waals surface area (Å²) in [5.74, 6) is 0.434. The van der Waals surface area contributed by atoms with E-state index >= 15 is 0 Å². The second kappa shape index (κ2) is 7.04. The van der Waals surface area contributed by atoms with Crippen molar-refractivity contribution in [1.29, 1.82) is 0 Å². The van der Waals surface area contributed by atoms with Crippen LogP contribution in [0.1, 0.15) is 73.7 Å². The lowest BCUT2D eigenvalue weighted by Gasteiger charge is -2.34. The minimum Gasteiger partial charge on any atom is -0.489 e. The van der Waals surface area contributed by atoms with E-state index < -0.39 is 23.7 Å². The van der Waals surface area contributed by atoms with Gasteiger partial charge in [0.25, 0.3) is 0 Å². The zero-order valence-corrected chi connectivity index (χ0v) is 17.0. The van der Waals surface area contributed by atoms with Crippen LogP contribution in [0.25, 0.3) is 0 Å². The maximum atomic E-state index is 12.8. The number of hydrogen-bond acceptors (Lipinski definition) is 5. The molecule has 0 radical (unpaired) electrons. The second-order valence-electron chi connectivity index (χ2n) is 8.28. The van der Waals surface area contributed by atoms with Crippen molar-refractivity contribution in [3.05, 3.63) is 40.0 Å². The zero-order valence-electron chi connectivity index (χ0n) is 17.0. The van der Waals surface area contributed by atoms with Gasteiger partial charge in [-0.2, -0.15) is 0 Å². The van der Waals surface area contributed by atoms with Crippen molar-refractivity contribution in [2.24, 2.45) is 0 Å². The standard InChI is InChI=1S/C22H30O5/c1-11(2)7-8-17(24)22(5)13(4)27-21-18-14(9-12(3)19(21)22)20(25)16(26-6)10-15(18)23/h7,9,13,16-17,20,24-25H,8,10H2,1-6H3/t13-,16-,17-,20-,22-/m1/s1. The molecule has 0 aromatic heterocycles. The van der Waals surface area contributed by atoms with Crippen LogP contribution < -0.4 is 4.74 Å². The summed E-state index contributed by atoms with van der Waals surface area (Å²) in [5, 5.41) is 21.7. The van der Waals surface area contributed by atoms with Gasteiger partial charge < -0.3 is 19.7 Å². The molecule has 0 spiro atoms. The Morgan fingerprint density at radius 1 is 1.48 bits per heavy atom. The molecule has 5 nitrogen and oxygen atoms in total. The fraction of sp³-hybridized carbons (Fsp3) is 0.591. The Kier molecular flexibility index (Phi) is 5.23. The van der Waals surface area contributed by atoms with Gasteiger partial charge in [-0.05, 0) is 52.2 Å². The summed E-state index contributed by atoms with van der Waals surface area (Å²) in [5.41, 5.74) is 3.31. The molecule has 2 N–H and O–H groups in total. The Morgan fingerprint density at radius 3 is 2.74 bits per heavy atom. The topological polar surface area (TPSA) is 76.0 Å². The molecular weight excluding hydrogens is 344 g/mol. The Balaban J connectivity index is 2.15. The Hall–Kier alpha value is -1.69. The van der Waals surface area contributed by atoms with E-state index in [4.69, 9.17) is 9.47 Å². The number of ketones is 1. The number of allylic oxidation sites excluding steroid dienone is 1. The lowest BCUT2D eigenvalue weighted by molar-refractivity contribution is -0.0195. The van der Waals surface area contributed by atoms with Crippen molar-refractivity contribution < 1.29 is 24.5 Å². The van der Waals surface area contributed by atoms with Crippen LogP contribution in [-0.2, 0) is 10.2 Å². The van der Waals surface area contributed by atoms with E-state index in [2.05, 4.69) is 0 Å². The zero-order chi connectivity index (χ0) is 20.1. The van der Waals surface area contributed by atoms with Gasteiger partial charge in [0, 0.05) is 19.1 Å². The molecule has 0 saturated heterocycles. The number of aryl methyl sites for hydroxylation is 1. The minimum absolute atomic E-state index is 0.0892. The van der Waals surface area contributed by atoms with Gasteiger partial charge in [0.05, 0.1) is 23.2 Å².